The van der Waals surface area contributed by atoms with Gasteiger partial charge in [0, 0.05) is 13.2 Å². The van der Waals surface area contributed by atoms with Gasteiger partial charge in [0.05, 0.1) is 18.8 Å². The molecule has 0 saturated heterocycles. The number of rotatable bonds is 10. The van der Waals surface area contributed by atoms with E-state index >= 15 is 0 Å². The zero-order chi connectivity index (χ0) is 12.4. The van der Waals surface area contributed by atoms with E-state index in [1.54, 1.807) is 0 Å². The van der Waals surface area contributed by atoms with E-state index < -0.39 is 0 Å². The first kappa shape index (κ1) is 15.9. The lowest BCUT2D eigenvalue weighted by Gasteiger charge is -2.25. The second-order valence-electron chi connectivity index (χ2n) is 5.25. The van der Waals surface area contributed by atoms with Crippen molar-refractivity contribution in [1.29, 1.82) is 0 Å². The van der Waals surface area contributed by atoms with Gasteiger partial charge in [0.25, 0.3) is 0 Å². The molecule has 0 spiro atoms. The summed E-state index contributed by atoms with van der Waals surface area (Å²) >= 11 is 0. The summed E-state index contributed by atoms with van der Waals surface area (Å²) in [6.07, 6.45) is 1.16. The highest BCUT2D eigenvalue weighted by molar-refractivity contribution is 4.71. The Morgan fingerprint density at radius 2 is 1.88 bits per heavy atom. The third-order valence-corrected chi connectivity index (χ3v) is 2.15. The van der Waals surface area contributed by atoms with Gasteiger partial charge in [-0.15, -0.1) is 0 Å². The van der Waals surface area contributed by atoms with E-state index in [0.29, 0.717) is 19.1 Å². The van der Waals surface area contributed by atoms with Crippen LogP contribution in [0.1, 0.15) is 41.0 Å². The lowest BCUT2D eigenvalue weighted by Crippen LogP contribution is -2.38. The lowest BCUT2D eigenvalue weighted by molar-refractivity contribution is -0.0471. The van der Waals surface area contributed by atoms with E-state index in [-0.39, 0.29) is 5.60 Å². The Hall–Kier alpha value is -0.120. The van der Waals surface area contributed by atoms with Crippen molar-refractivity contribution in [2.75, 3.05) is 32.9 Å². The molecule has 0 aromatic heterocycles. The quantitative estimate of drug-likeness (QED) is 0.586. The second-order valence-corrected chi connectivity index (χ2v) is 5.25. The molecular formula is C13H29NO2. The molecule has 0 heterocycles. The molecule has 0 aliphatic heterocycles. The molecule has 1 N–H and O–H groups in total. The maximum Gasteiger partial charge on any atom is 0.0751 e. The van der Waals surface area contributed by atoms with Gasteiger partial charge in [0.15, 0.2) is 0 Å². The van der Waals surface area contributed by atoms with Crippen molar-refractivity contribution in [3.05, 3.63) is 0 Å². The third kappa shape index (κ3) is 10.4. The van der Waals surface area contributed by atoms with Crippen molar-refractivity contribution < 1.29 is 9.47 Å². The van der Waals surface area contributed by atoms with Crippen LogP contribution in [-0.4, -0.2) is 38.5 Å². The van der Waals surface area contributed by atoms with Crippen LogP contribution in [0.2, 0.25) is 0 Å². The second kappa shape index (κ2) is 8.97. The summed E-state index contributed by atoms with van der Waals surface area (Å²) in [5.41, 5.74) is -0.101. The standard InChI is InChI=1S/C13H29NO2/c1-6-7-14-11-13(4,5)16-9-8-15-10-12(2)3/h12,14H,6-11H2,1-5H3. The molecule has 3 nitrogen and oxygen atoms in total. The Bertz CT molecular complexity index is 158. The fourth-order valence-electron chi connectivity index (χ4n) is 1.31. The predicted molar refractivity (Wildman–Crippen MR) is 68.8 cm³/mol. The van der Waals surface area contributed by atoms with Crippen molar-refractivity contribution in [2.45, 2.75) is 46.6 Å². The zero-order valence-electron chi connectivity index (χ0n) is 11.6. The number of nitrogens with one attached hydrogen (secondary N) is 1. The first-order valence-corrected chi connectivity index (χ1v) is 6.40. The summed E-state index contributed by atoms with van der Waals surface area (Å²) in [6.45, 7) is 14.8. The van der Waals surface area contributed by atoms with E-state index in [4.69, 9.17) is 9.47 Å². The van der Waals surface area contributed by atoms with Crippen LogP contribution in [0, 0.1) is 5.92 Å². The highest BCUT2D eigenvalue weighted by Crippen LogP contribution is 2.07. The van der Waals surface area contributed by atoms with E-state index in [9.17, 15) is 0 Å². The molecule has 0 aromatic rings. The maximum atomic E-state index is 5.77. The van der Waals surface area contributed by atoms with Gasteiger partial charge < -0.3 is 14.8 Å². The third-order valence-electron chi connectivity index (χ3n) is 2.15. The molecule has 0 unspecified atom stereocenters. The smallest absolute Gasteiger partial charge is 0.0751 e. The molecule has 0 amide bonds. The Morgan fingerprint density at radius 3 is 2.44 bits per heavy atom. The van der Waals surface area contributed by atoms with Gasteiger partial charge in [-0.05, 0) is 32.7 Å². The molecule has 0 aliphatic rings. The molecule has 0 fully saturated rings. The van der Waals surface area contributed by atoms with E-state index in [2.05, 4.69) is 39.9 Å². The minimum absolute atomic E-state index is 0.101. The fraction of sp³-hybridized carbons (Fsp3) is 1.00. The van der Waals surface area contributed by atoms with Gasteiger partial charge in [-0.1, -0.05) is 20.8 Å². The average molecular weight is 231 g/mol. The maximum absolute atomic E-state index is 5.77. The Balaban J connectivity index is 3.42. The molecule has 3 heteroatoms. The normalized spacial score (nSPS) is 12.4. The van der Waals surface area contributed by atoms with Gasteiger partial charge in [-0.3, -0.25) is 0 Å². The Morgan fingerprint density at radius 1 is 1.19 bits per heavy atom. The highest BCUT2D eigenvalue weighted by atomic mass is 16.5. The van der Waals surface area contributed by atoms with E-state index in [0.717, 1.165) is 26.1 Å². The van der Waals surface area contributed by atoms with Gasteiger partial charge in [-0.25, -0.2) is 0 Å². The largest absolute Gasteiger partial charge is 0.379 e. The zero-order valence-corrected chi connectivity index (χ0v) is 11.6. The van der Waals surface area contributed by atoms with Crippen LogP contribution in [-0.2, 0) is 9.47 Å². The average Bonchev–Trinajstić information content (AvgIpc) is 2.16. The summed E-state index contributed by atoms with van der Waals surface area (Å²) < 4.78 is 11.2. The molecule has 16 heavy (non-hydrogen) atoms. The first-order chi connectivity index (χ1) is 7.48. The van der Waals surface area contributed by atoms with E-state index in [1.165, 1.54) is 0 Å². The number of hydrogen-bond acceptors (Lipinski definition) is 3. The Kier molecular flexibility index (Phi) is 8.90. The predicted octanol–water partition coefficient (Wildman–Crippen LogP) is 2.45. The molecule has 0 rings (SSSR count). The molecule has 0 bridgehead atoms. The summed E-state index contributed by atoms with van der Waals surface area (Å²) in [5.74, 6) is 0.597. The first-order valence-electron chi connectivity index (χ1n) is 6.40. The summed E-state index contributed by atoms with van der Waals surface area (Å²) in [5, 5.41) is 3.37. The van der Waals surface area contributed by atoms with Crippen LogP contribution >= 0.6 is 0 Å². The lowest BCUT2D eigenvalue weighted by atomic mass is 10.1. The van der Waals surface area contributed by atoms with Crippen LogP contribution < -0.4 is 5.32 Å². The molecule has 0 radical (unpaired) electrons. The van der Waals surface area contributed by atoms with Crippen LogP contribution in [0.5, 0.6) is 0 Å². The summed E-state index contributed by atoms with van der Waals surface area (Å²) in [6, 6.07) is 0. The molecule has 0 atom stereocenters. The Labute approximate surface area is 101 Å². The summed E-state index contributed by atoms with van der Waals surface area (Å²) in [7, 11) is 0. The minimum atomic E-state index is -0.101. The van der Waals surface area contributed by atoms with Crippen molar-refractivity contribution in [1.82, 2.24) is 5.32 Å². The van der Waals surface area contributed by atoms with Gasteiger partial charge in [0.1, 0.15) is 0 Å². The van der Waals surface area contributed by atoms with Gasteiger partial charge >= 0.3 is 0 Å². The SMILES string of the molecule is CCCNCC(C)(C)OCCOCC(C)C. The molecule has 98 valence electrons. The molecule has 0 saturated carbocycles. The monoisotopic (exact) mass is 231 g/mol. The summed E-state index contributed by atoms with van der Waals surface area (Å²) in [4.78, 5) is 0. The molecular weight excluding hydrogens is 202 g/mol. The van der Waals surface area contributed by atoms with Gasteiger partial charge in [-0.2, -0.15) is 0 Å². The number of hydrogen-bond donors (Lipinski definition) is 1. The van der Waals surface area contributed by atoms with Crippen molar-refractivity contribution in [3.8, 4) is 0 Å². The number of ether oxygens (including phenoxy) is 2. The van der Waals surface area contributed by atoms with Crippen LogP contribution in [0.3, 0.4) is 0 Å². The molecule has 0 aliphatic carbocycles. The minimum Gasteiger partial charge on any atom is -0.379 e. The van der Waals surface area contributed by atoms with Crippen molar-refractivity contribution >= 4 is 0 Å². The van der Waals surface area contributed by atoms with Crippen molar-refractivity contribution in [2.24, 2.45) is 5.92 Å². The fourth-order valence-corrected chi connectivity index (χ4v) is 1.31. The topological polar surface area (TPSA) is 30.5 Å². The van der Waals surface area contributed by atoms with Crippen LogP contribution in [0.4, 0.5) is 0 Å². The van der Waals surface area contributed by atoms with E-state index in [1.807, 2.05) is 0 Å². The highest BCUT2D eigenvalue weighted by Gasteiger charge is 2.17. The van der Waals surface area contributed by atoms with Crippen LogP contribution in [0.25, 0.3) is 0 Å². The van der Waals surface area contributed by atoms with Crippen LogP contribution in [0.15, 0.2) is 0 Å². The molecule has 0 aromatic carbocycles. The van der Waals surface area contributed by atoms with Crippen molar-refractivity contribution in [3.63, 3.8) is 0 Å². The van der Waals surface area contributed by atoms with Gasteiger partial charge in [0.2, 0.25) is 0 Å².